The number of aromatic nitrogens is 2. The molecule has 1 aromatic heterocycles. The number of aliphatic imine (C=N–C) groups is 1. The SMILES string of the molecule is Nc1nc(N)c(C(=O)N=CNNC2NCCN2)nc1Cl. The van der Waals surface area contributed by atoms with Gasteiger partial charge in [0, 0.05) is 13.1 Å². The Kier molecular flexibility index (Phi) is 4.63. The molecule has 0 spiro atoms. The molecule has 0 atom stereocenters. The molecule has 1 aliphatic heterocycles. The fourth-order valence-electron chi connectivity index (χ4n) is 1.48. The summed E-state index contributed by atoms with van der Waals surface area (Å²) in [6, 6.07) is 0. The van der Waals surface area contributed by atoms with Gasteiger partial charge in [-0.2, -0.15) is 4.99 Å². The Labute approximate surface area is 119 Å². The highest BCUT2D eigenvalue weighted by atomic mass is 35.5. The topological polar surface area (TPSA) is 155 Å². The van der Waals surface area contributed by atoms with E-state index < -0.39 is 5.91 Å². The third-order valence-electron chi connectivity index (χ3n) is 2.40. The fourth-order valence-corrected chi connectivity index (χ4v) is 1.61. The van der Waals surface area contributed by atoms with Gasteiger partial charge in [0.25, 0.3) is 0 Å². The first-order valence-electron chi connectivity index (χ1n) is 5.71. The number of carbonyl (C=O) groups excluding carboxylic acids is 1. The lowest BCUT2D eigenvalue weighted by Crippen LogP contribution is -2.51. The molecule has 1 fully saturated rings. The highest BCUT2D eigenvalue weighted by Crippen LogP contribution is 2.17. The predicted octanol–water partition coefficient (Wildman–Crippen LogP) is -1.97. The minimum Gasteiger partial charge on any atom is -0.382 e. The molecule has 2 heterocycles. The van der Waals surface area contributed by atoms with E-state index in [4.69, 9.17) is 23.1 Å². The van der Waals surface area contributed by atoms with Gasteiger partial charge in [-0.1, -0.05) is 11.6 Å². The molecule has 11 heteroatoms. The van der Waals surface area contributed by atoms with Crippen molar-refractivity contribution in [2.24, 2.45) is 4.99 Å². The summed E-state index contributed by atoms with van der Waals surface area (Å²) < 4.78 is 0. The number of nitrogens with two attached hydrogens (primary N) is 2. The number of hydrogen-bond donors (Lipinski definition) is 6. The molecule has 1 amide bonds. The van der Waals surface area contributed by atoms with E-state index in [1.54, 1.807) is 0 Å². The van der Waals surface area contributed by atoms with Gasteiger partial charge in [-0.25, -0.2) is 15.4 Å². The second-order valence-corrected chi connectivity index (χ2v) is 4.18. The smallest absolute Gasteiger partial charge is 0.300 e. The number of anilines is 2. The Morgan fingerprint density at radius 3 is 2.75 bits per heavy atom. The standard InChI is InChI=1S/C9H14ClN9O/c10-5-7(12)18-6(11)4(17-5)8(20)15-3-16-19-9-13-1-2-14-9/h3,9,13-14,19H,1-2H2,(H4,11,12,18)(H,15,16,20). The maximum atomic E-state index is 11.7. The van der Waals surface area contributed by atoms with Crippen LogP contribution in [-0.2, 0) is 0 Å². The molecule has 108 valence electrons. The van der Waals surface area contributed by atoms with Crippen LogP contribution in [0.2, 0.25) is 5.15 Å². The fraction of sp³-hybridized carbons (Fsp3) is 0.333. The molecule has 20 heavy (non-hydrogen) atoms. The van der Waals surface area contributed by atoms with Gasteiger partial charge in [-0.15, -0.1) is 0 Å². The van der Waals surface area contributed by atoms with Gasteiger partial charge in [-0.3, -0.25) is 15.4 Å². The van der Waals surface area contributed by atoms with Crippen LogP contribution in [0.25, 0.3) is 0 Å². The number of rotatable bonds is 4. The molecule has 0 aromatic carbocycles. The van der Waals surface area contributed by atoms with Gasteiger partial charge in [0.1, 0.15) is 12.6 Å². The minimum atomic E-state index is -0.682. The van der Waals surface area contributed by atoms with Crippen LogP contribution in [0, 0.1) is 0 Å². The molecule has 1 saturated heterocycles. The largest absolute Gasteiger partial charge is 0.382 e. The number of carbonyl (C=O) groups is 1. The van der Waals surface area contributed by atoms with E-state index in [1.165, 1.54) is 6.34 Å². The number of nitrogen functional groups attached to an aromatic ring is 2. The Bertz CT molecular complexity index is 528. The van der Waals surface area contributed by atoms with E-state index in [0.29, 0.717) is 0 Å². The van der Waals surface area contributed by atoms with Gasteiger partial charge >= 0.3 is 5.91 Å². The van der Waals surface area contributed by atoms with Crippen molar-refractivity contribution >= 4 is 35.5 Å². The van der Waals surface area contributed by atoms with Crippen molar-refractivity contribution in [2.75, 3.05) is 24.6 Å². The van der Waals surface area contributed by atoms with Crippen LogP contribution in [0.15, 0.2) is 4.99 Å². The van der Waals surface area contributed by atoms with Crippen LogP contribution in [0.1, 0.15) is 10.5 Å². The lowest BCUT2D eigenvalue weighted by molar-refractivity contribution is 0.0999. The van der Waals surface area contributed by atoms with E-state index in [-0.39, 0.29) is 28.8 Å². The van der Waals surface area contributed by atoms with E-state index in [1.807, 2.05) is 0 Å². The number of nitrogens with one attached hydrogen (secondary N) is 4. The Morgan fingerprint density at radius 2 is 2.05 bits per heavy atom. The average molecular weight is 300 g/mol. The molecule has 0 aliphatic carbocycles. The molecule has 1 aromatic rings. The maximum absolute atomic E-state index is 11.7. The van der Waals surface area contributed by atoms with Crippen molar-refractivity contribution in [2.45, 2.75) is 6.29 Å². The predicted molar refractivity (Wildman–Crippen MR) is 74.8 cm³/mol. The first-order valence-corrected chi connectivity index (χ1v) is 6.09. The molecule has 10 nitrogen and oxygen atoms in total. The second kappa shape index (κ2) is 6.43. The molecular formula is C9H14ClN9O. The van der Waals surface area contributed by atoms with Crippen LogP contribution >= 0.6 is 11.6 Å². The zero-order chi connectivity index (χ0) is 14.5. The first kappa shape index (κ1) is 14.4. The van der Waals surface area contributed by atoms with Gasteiger partial charge < -0.3 is 16.9 Å². The lowest BCUT2D eigenvalue weighted by atomic mass is 10.4. The van der Waals surface area contributed by atoms with Crippen LogP contribution in [0.5, 0.6) is 0 Å². The average Bonchev–Trinajstić information content (AvgIpc) is 2.92. The zero-order valence-electron chi connectivity index (χ0n) is 10.4. The Balaban J connectivity index is 1.92. The molecule has 2 rings (SSSR count). The number of nitrogens with zero attached hydrogens (tertiary/aromatic N) is 3. The molecule has 0 bridgehead atoms. The van der Waals surface area contributed by atoms with E-state index in [0.717, 1.165) is 13.1 Å². The van der Waals surface area contributed by atoms with Crippen molar-refractivity contribution in [3.63, 3.8) is 0 Å². The molecule has 0 radical (unpaired) electrons. The van der Waals surface area contributed by atoms with Crippen molar-refractivity contribution in [1.82, 2.24) is 31.5 Å². The summed E-state index contributed by atoms with van der Waals surface area (Å²) in [5, 5.41) is 6.09. The first-order chi connectivity index (χ1) is 9.58. The molecule has 0 saturated carbocycles. The van der Waals surface area contributed by atoms with Crippen LogP contribution in [0.4, 0.5) is 11.6 Å². The van der Waals surface area contributed by atoms with Gasteiger partial charge in [0.2, 0.25) is 0 Å². The van der Waals surface area contributed by atoms with Gasteiger partial charge in [0.05, 0.1) is 0 Å². The summed E-state index contributed by atoms with van der Waals surface area (Å²) >= 11 is 5.67. The summed E-state index contributed by atoms with van der Waals surface area (Å²) in [4.78, 5) is 22.8. The number of hydrazine groups is 1. The van der Waals surface area contributed by atoms with Crippen LogP contribution in [-0.4, -0.2) is 41.6 Å². The number of halogens is 1. The van der Waals surface area contributed by atoms with Crippen molar-refractivity contribution in [1.29, 1.82) is 0 Å². The third-order valence-corrected chi connectivity index (χ3v) is 2.68. The van der Waals surface area contributed by atoms with E-state index >= 15 is 0 Å². The maximum Gasteiger partial charge on any atom is 0.300 e. The quantitative estimate of drug-likeness (QED) is 0.211. The monoisotopic (exact) mass is 299 g/mol. The lowest BCUT2D eigenvalue weighted by Gasteiger charge is -2.11. The van der Waals surface area contributed by atoms with E-state index in [2.05, 4.69) is 36.4 Å². The van der Waals surface area contributed by atoms with Gasteiger partial charge in [-0.05, 0) is 0 Å². The van der Waals surface area contributed by atoms with Crippen molar-refractivity contribution in [3.05, 3.63) is 10.8 Å². The molecule has 8 N–H and O–H groups in total. The summed E-state index contributed by atoms with van der Waals surface area (Å²) in [5.74, 6) is -0.845. The molecule has 0 unspecified atom stereocenters. The van der Waals surface area contributed by atoms with Crippen molar-refractivity contribution < 1.29 is 4.79 Å². The minimum absolute atomic E-state index is 0.0390. The summed E-state index contributed by atoms with van der Waals surface area (Å²) in [7, 11) is 0. The highest BCUT2D eigenvalue weighted by molar-refractivity contribution is 6.31. The molecule has 1 aliphatic rings. The number of amides is 1. The molecular weight excluding hydrogens is 286 g/mol. The highest BCUT2D eigenvalue weighted by Gasteiger charge is 2.15. The second-order valence-electron chi connectivity index (χ2n) is 3.83. The Morgan fingerprint density at radius 1 is 1.35 bits per heavy atom. The van der Waals surface area contributed by atoms with E-state index in [9.17, 15) is 4.79 Å². The van der Waals surface area contributed by atoms with Crippen LogP contribution < -0.4 is 33.0 Å². The summed E-state index contributed by atoms with van der Waals surface area (Å²) in [6.45, 7) is 1.71. The Hall–Kier alpha value is -2.01. The number of hydrogen-bond acceptors (Lipinski definition) is 8. The summed E-state index contributed by atoms with van der Waals surface area (Å²) in [6.07, 6.45) is 1.09. The van der Waals surface area contributed by atoms with Gasteiger partial charge in [0.15, 0.2) is 22.5 Å². The third kappa shape index (κ3) is 3.51. The van der Waals surface area contributed by atoms with Crippen LogP contribution in [0.3, 0.4) is 0 Å². The van der Waals surface area contributed by atoms with Crippen molar-refractivity contribution in [3.8, 4) is 0 Å². The summed E-state index contributed by atoms with van der Waals surface area (Å²) in [5.41, 5.74) is 16.3. The normalized spacial score (nSPS) is 15.8. The zero-order valence-corrected chi connectivity index (χ0v) is 11.1.